The molecule has 0 saturated carbocycles. The van der Waals surface area contributed by atoms with Crippen molar-refractivity contribution in [3.8, 4) is 0 Å². The molecule has 18 heavy (non-hydrogen) atoms. The molecule has 3 saturated heterocycles. The molecule has 0 aliphatic carbocycles. The zero-order valence-corrected chi connectivity index (χ0v) is 12.3. The van der Waals surface area contributed by atoms with Crippen LogP contribution in [0.2, 0.25) is 0 Å². The zero-order chi connectivity index (χ0) is 13.0. The van der Waals surface area contributed by atoms with Gasteiger partial charge in [0.25, 0.3) is 0 Å². The molecular weight excluding hydrogens is 224 g/mol. The molecule has 0 spiro atoms. The van der Waals surface area contributed by atoms with Crippen LogP contribution in [0.5, 0.6) is 0 Å². The first-order valence-electron chi connectivity index (χ1n) is 7.56. The fourth-order valence-electron chi connectivity index (χ4n) is 4.36. The van der Waals surface area contributed by atoms with Crippen molar-refractivity contribution in [3.05, 3.63) is 0 Å². The highest BCUT2D eigenvalue weighted by Gasteiger charge is 2.49. The first-order chi connectivity index (χ1) is 8.36. The maximum absolute atomic E-state index is 6.26. The summed E-state index contributed by atoms with van der Waals surface area (Å²) >= 11 is 0. The van der Waals surface area contributed by atoms with Gasteiger partial charge in [0.1, 0.15) is 0 Å². The van der Waals surface area contributed by atoms with Gasteiger partial charge in [0.2, 0.25) is 0 Å². The standard InChI is InChI=1S/C15H28N2O/c1-14(2)9-13(15(3,4)18-14)17-8-7-11-5-6-12(10-17)16-11/h11-13,16H,5-10H2,1-4H3. The van der Waals surface area contributed by atoms with Crippen LogP contribution in [0.3, 0.4) is 0 Å². The number of hydrogen-bond donors (Lipinski definition) is 1. The third-order valence-corrected chi connectivity index (χ3v) is 5.02. The first-order valence-corrected chi connectivity index (χ1v) is 7.56. The minimum atomic E-state index is -0.00686. The van der Waals surface area contributed by atoms with Gasteiger partial charge < -0.3 is 10.1 Å². The van der Waals surface area contributed by atoms with E-state index in [9.17, 15) is 0 Å². The van der Waals surface area contributed by atoms with Crippen LogP contribution in [0.4, 0.5) is 0 Å². The average Bonchev–Trinajstić information content (AvgIpc) is 2.64. The SMILES string of the molecule is CC1(C)CC(N2CCC3CCC(C2)N3)C(C)(C)O1. The molecular formula is C15H28N2O. The highest BCUT2D eigenvalue weighted by molar-refractivity contribution is 5.02. The van der Waals surface area contributed by atoms with Gasteiger partial charge in [-0.3, -0.25) is 4.90 Å². The minimum absolute atomic E-state index is 0.00686. The molecule has 3 heteroatoms. The van der Waals surface area contributed by atoms with E-state index in [2.05, 4.69) is 37.9 Å². The molecule has 3 atom stereocenters. The third kappa shape index (κ3) is 2.33. The van der Waals surface area contributed by atoms with Gasteiger partial charge in [-0.05, 0) is 53.4 Å². The van der Waals surface area contributed by atoms with Crippen LogP contribution in [0.25, 0.3) is 0 Å². The molecule has 3 aliphatic rings. The van der Waals surface area contributed by atoms with Crippen molar-refractivity contribution in [1.29, 1.82) is 0 Å². The zero-order valence-electron chi connectivity index (χ0n) is 12.3. The first kappa shape index (κ1) is 12.9. The number of likely N-dealkylation sites (tertiary alicyclic amines) is 1. The van der Waals surface area contributed by atoms with Crippen molar-refractivity contribution < 1.29 is 4.74 Å². The highest BCUT2D eigenvalue weighted by Crippen LogP contribution is 2.41. The van der Waals surface area contributed by atoms with Gasteiger partial charge >= 0.3 is 0 Å². The van der Waals surface area contributed by atoms with E-state index in [-0.39, 0.29) is 11.2 Å². The maximum atomic E-state index is 6.26. The molecule has 0 aromatic heterocycles. The second-order valence-corrected chi connectivity index (χ2v) is 7.61. The Bertz CT molecular complexity index is 326. The predicted octanol–water partition coefficient (Wildman–Crippen LogP) is 2.16. The van der Waals surface area contributed by atoms with Gasteiger partial charge in [0.05, 0.1) is 11.2 Å². The van der Waals surface area contributed by atoms with Crippen LogP contribution >= 0.6 is 0 Å². The number of ether oxygens (including phenoxy) is 1. The van der Waals surface area contributed by atoms with Gasteiger partial charge in [-0.2, -0.15) is 0 Å². The summed E-state index contributed by atoms with van der Waals surface area (Å²) in [6.45, 7) is 11.5. The van der Waals surface area contributed by atoms with Gasteiger partial charge in [-0.25, -0.2) is 0 Å². The van der Waals surface area contributed by atoms with E-state index >= 15 is 0 Å². The van der Waals surface area contributed by atoms with Crippen LogP contribution < -0.4 is 5.32 Å². The van der Waals surface area contributed by atoms with Crippen LogP contribution in [-0.2, 0) is 4.74 Å². The summed E-state index contributed by atoms with van der Waals surface area (Å²) in [6.07, 6.45) is 5.22. The van der Waals surface area contributed by atoms with Crippen molar-refractivity contribution in [2.75, 3.05) is 13.1 Å². The molecule has 3 aliphatic heterocycles. The van der Waals surface area contributed by atoms with Crippen LogP contribution in [0.15, 0.2) is 0 Å². The van der Waals surface area contributed by atoms with Crippen molar-refractivity contribution >= 4 is 0 Å². The molecule has 2 bridgehead atoms. The second-order valence-electron chi connectivity index (χ2n) is 7.61. The lowest BCUT2D eigenvalue weighted by molar-refractivity contribution is -0.0807. The fourth-order valence-corrected chi connectivity index (χ4v) is 4.36. The van der Waals surface area contributed by atoms with Crippen molar-refractivity contribution in [1.82, 2.24) is 10.2 Å². The molecule has 3 nitrogen and oxygen atoms in total. The predicted molar refractivity (Wildman–Crippen MR) is 73.8 cm³/mol. The number of nitrogens with zero attached hydrogens (tertiary/aromatic N) is 1. The third-order valence-electron chi connectivity index (χ3n) is 5.02. The molecule has 3 fully saturated rings. The molecule has 0 amide bonds. The largest absolute Gasteiger partial charge is 0.368 e. The lowest BCUT2D eigenvalue weighted by atomic mass is 9.92. The number of nitrogens with one attached hydrogen (secondary N) is 1. The molecule has 0 aromatic carbocycles. The Labute approximate surface area is 111 Å². The molecule has 3 rings (SSSR count). The van der Waals surface area contributed by atoms with Crippen molar-refractivity contribution in [2.24, 2.45) is 0 Å². The van der Waals surface area contributed by atoms with Gasteiger partial charge in [-0.15, -0.1) is 0 Å². The van der Waals surface area contributed by atoms with Crippen molar-refractivity contribution in [3.63, 3.8) is 0 Å². The highest BCUT2D eigenvalue weighted by atomic mass is 16.5. The van der Waals surface area contributed by atoms with Crippen LogP contribution in [0.1, 0.15) is 53.4 Å². The summed E-state index contributed by atoms with van der Waals surface area (Å²) in [5, 5.41) is 3.77. The summed E-state index contributed by atoms with van der Waals surface area (Å²) in [5.74, 6) is 0. The normalized spacial score (nSPS) is 43.0. The quantitative estimate of drug-likeness (QED) is 0.774. The Morgan fingerprint density at radius 2 is 1.78 bits per heavy atom. The van der Waals surface area contributed by atoms with E-state index in [0.717, 1.165) is 18.5 Å². The van der Waals surface area contributed by atoms with E-state index in [1.54, 1.807) is 0 Å². The van der Waals surface area contributed by atoms with E-state index in [1.165, 1.54) is 32.4 Å². The summed E-state index contributed by atoms with van der Waals surface area (Å²) < 4.78 is 6.26. The smallest absolute Gasteiger partial charge is 0.0789 e. The maximum Gasteiger partial charge on any atom is 0.0789 e. The van der Waals surface area contributed by atoms with E-state index < -0.39 is 0 Å². The van der Waals surface area contributed by atoms with Crippen LogP contribution in [0, 0.1) is 0 Å². The second kappa shape index (κ2) is 4.19. The fraction of sp³-hybridized carbons (Fsp3) is 1.00. The summed E-state index contributed by atoms with van der Waals surface area (Å²) in [4.78, 5) is 2.70. The molecule has 104 valence electrons. The molecule has 0 aromatic rings. The Balaban J connectivity index is 1.74. The van der Waals surface area contributed by atoms with E-state index in [1.807, 2.05) is 0 Å². The van der Waals surface area contributed by atoms with Crippen LogP contribution in [-0.4, -0.2) is 47.3 Å². The number of hydrogen-bond acceptors (Lipinski definition) is 3. The number of fused-ring (bicyclic) bond motifs is 2. The van der Waals surface area contributed by atoms with Gasteiger partial charge in [0, 0.05) is 31.2 Å². The van der Waals surface area contributed by atoms with E-state index in [4.69, 9.17) is 4.74 Å². The van der Waals surface area contributed by atoms with Gasteiger partial charge in [-0.1, -0.05) is 0 Å². The Kier molecular flexibility index (Phi) is 3.00. The minimum Gasteiger partial charge on any atom is -0.368 e. The molecule has 3 unspecified atom stereocenters. The Morgan fingerprint density at radius 1 is 1.06 bits per heavy atom. The Hall–Kier alpha value is -0.120. The summed E-state index contributed by atoms with van der Waals surface area (Å²) in [5.41, 5.74) is 0.0278. The number of rotatable bonds is 1. The Morgan fingerprint density at radius 3 is 2.44 bits per heavy atom. The molecule has 0 radical (unpaired) electrons. The van der Waals surface area contributed by atoms with Crippen molar-refractivity contribution in [2.45, 2.75) is 82.7 Å². The molecule has 3 heterocycles. The lowest BCUT2D eigenvalue weighted by Gasteiger charge is -2.37. The van der Waals surface area contributed by atoms with Gasteiger partial charge in [0.15, 0.2) is 0 Å². The van der Waals surface area contributed by atoms with E-state index in [0.29, 0.717) is 6.04 Å². The molecule has 1 N–H and O–H groups in total. The topological polar surface area (TPSA) is 24.5 Å². The lowest BCUT2D eigenvalue weighted by Crippen LogP contribution is -2.49. The average molecular weight is 252 g/mol. The monoisotopic (exact) mass is 252 g/mol. The summed E-state index contributed by atoms with van der Waals surface area (Å²) in [6, 6.07) is 2.07. The summed E-state index contributed by atoms with van der Waals surface area (Å²) in [7, 11) is 0.